The van der Waals surface area contributed by atoms with Crippen molar-refractivity contribution in [3.63, 3.8) is 0 Å². The predicted molar refractivity (Wildman–Crippen MR) is 86.2 cm³/mol. The van der Waals surface area contributed by atoms with Crippen LogP contribution in [0.1, 0.15) is 5.76 Å². The molecule has 0 saturated carbocycles. The van der Waals surface area contributed by atoms with Gasteiger partial charge in [0, 0.05) is 19.3 Å². The normalized spacial score (nSPS) is 11.1. The first kappa shape index (κ1) is 19.6. The lowest BCUT2D eigenvalue weighted by Crippen LogP contribution is -2.26. The Kier molecular flexibility index (Phi) is 9.68. The molecule has 21 heavy (non-hydrogen) atoms. The van der Waals surface area contributed by atoms with Crippen molar-refractivity contribution in [3.8, 4) is 0 Å². The van der Waals surface area contributed by atoms with E-state index in [4.69, 9.17) is 4.42 Å². The van der Waals surface area contributed by atoms with E-state index in [1.165, 1.54) is 0 Å². The van der Waals surface area contributed by atoms with Crippen LogP contribution in [-0.2, 0) is 6.54 Å². The first-order chi connectivity index (χ1) is 9.51. The third-order valence-electron chi connectivity index (χ3n) is 2.27. The molecule has 0 spiro atoms. The van der Waals surface area contributed by atoms with Gasteiger partial charge in [0.1, 0.15) is 5.76 Å². The van der Waals surface area contributed by atoms with Crippen molar-refractivity contribution in [1.29, 1.82) is 0 Å². The Bertz CT molecular complexity index is 465. The third kappa shape index (κ3) is 8.49. The highest BCUT2D eigenvalue weighted by Crippen LogP contribution is 2.21. The summed E-state index contributed by atoms with van der Waals surface area (Å²) in [5.74, 6) is 2.07. The van der Waals surface area contributed by atoms with Gasteiger partial charge in [-0.1, -0.05) is 11.8 Å². The van der Waals surface area contributed by atoms with Gasteiger partial charge in [0.25, 0.3) is 6.20 Å². The Morgan fingerprint density at radius 2 is 2.24 bits per heavy atom. The summed E-state index contributed by atoms with van der Waals surface area (Å²) in [7, 11) is 5.61. The van der Waals surface area contributed by atoms with Gasteiger partial charge in [-0.3, -0.25) is 10.1 Å². The summed E-state index contributed by atoms with van der Waals surface area (Å²) in [6.45, 7) is 1.38. The predicted octanol–water partition coefficient (Wildman–Crippen LogP) is 1.74. The summed E-state index contributed by atoms with van der Waals surface area (Å²) >= 11 is 1.57. The fourth-order valence-corrected chi connectivity index (χ4v) is 2.21. The van der Waals surface area contributed by atoms with Gasteiger partial charge in [-0.15, -0.1) is 12.4 Å². The average molecular weight is 337 g/mol. The van der Waals surface area contributed by atoms with Gasteiger partial charge in [-0.2, -0.15) is 0 Å². The van der Waals surface area contributed by atoms with Crippen molar-refractivity contribution in [2.24, 2.45) is 0 Å². The molecule has 0 aliphatic heterocycles. The zero-order chi connectivity index (χ0) is 15.0. The molecule has 0 bridgehead atoms. The highest BCUT2D eigenvalue weighted by atomic mass is 35.5. The summed E-state index contributed by atoms with van der Waals surface area (Å²) in [5.41, 5.74) is 0. The highest BCUT2D eigenvalue weighted by molar-refractivity contribution is 7.99. The minimum atomic E-state index is -0.494. The van der Waals surface area contributed by atoms with Crippen LogP contribution in [0.3, 0.4) is 0 Å². The van der Waals surface area contributed by atoms with E-state index in [2.05, 4.69) is 10.6 Å². The number of nitrogens with zero attached hydrogens (tertiary/aromatic N) is 2. The molecule has 0 aliphatic rings. The second-order valence-electron chi connectivity index (χ2n) is 4.31. The molecule has 1 heterocycles. The lowest BCUT2D eigenvalue weighted by atomic mass is 10.4. The first-order valence-electron chi connectivity index (χ1n) is 6.14. The molecule has 7 nitrogen and oxygen atoms in total. The molecule has 0 aromatic carbocycles. The van der Waals surface area contributed by atoms with Gasteiger partial charge in [-0.05, 0) is 26.2 Å². The Morgan fingerprint density at radius 3 is 2.81 bits per heavy atom. The van der Waals surface area contributed by atoms with Crippen molar-refractivity contribution in [2.75, 3.05) is 33.4 Å². The van der Waals surface area contributed by atoms with Crippen molar-refractivity contribution < 1.29 is 9.34 Å². The topological polar surface area (TPSA) is 83.6 Å². The van der Waals surface area contributed by atoms with E-state index in [1.54, 1.807) is 18.8 Å². The Morgan fingerprint density at radius 1 is 1.52 bits per heavy atom. The molecule has 0 atom stereocenters. The summed E-state index contributed by atoms with van der Waals surface area (Å²) in [6, 6.07) is 3.90. The van der Waals surface area contributed by atoms with Crippen molar-refractivity contribution in [3.05, 3.63) is 40.0 Å². The Labute approximate surface area is 134 Å². The second-order valence-corrected chi connectivity index (χ2v) is 5.41. The fraction of sp³-hybridized carbons (Fsp3) is 0.500. The minimum Gasteiger partial charge on any atom is -0.454 e. The first-order valence-corrected chi connectivity index (χ1v) is 7.13. The van der Waals surface area contributed by atoms with Crippen LogP contribution in [0.4, 0.5) is 0 Å². The van der Waals surface area contributed by atoms with Gasteiger partial charge in [0.05, 0.1) is 11.5 Å². The smallest absolute Gasteiger partial charge is 0.274 e. The maximum Gasteiger partial charge on any atom is 0.274 e. The third-order valence-corrected chi connectivity index (χ3v) is 3.19. The van der Waals surface area contributed by atoms with Crippen molar-refractivity contribution >= 4 is 24.2 Å². The molecule has 9 heteroatoms. The molecule has 0 amide bonds. The molecule has 1 aromatic heterocycles. The molecular formula is C12H21ClN4O3S. The van der Waals surface area contributed by atoms with Gasteiger partial charge in [0.15, 0.2) is 10.9 Å². The molecule has 1 aromatic rings. The van der Waals surface area contributed by atoms with Crippen LogP contribution in [0.25, 0.3) is 0 Å². The van der Waals surface area contributed by atoms with Crippen LogP contribution in [0.2, 0.25) is 0 Å². The van der Waals surface area contributed by atoms with E-state index in [1.807, 2.05) is 31.1 Å². The number of hydrogen-bond acceptors (Lipinski definition) is 7. The maximum atomic E-state index is 10.3. The van der Waals surface area contributed by atoms with Crippen LogP contribution < -0.4 is 10.6 Å². The lowest BCUT2D eigenvalue weighted by Gasteiger charge is -2.07. The largest absolute Gasteiger partial charge is 0.454 e. The molecule has 120 valence electrons. The van der Waals surface area contributed by atoms with E-state index in [-0.39, 0.29) is 12.4 Å². The molecule has 0 aliphatic carbocycles. The van der Waals surface area contributed by atoms with Crippen LogP contribution in [-0.4, -0.2) is 43.3 Å². The molecule has 0 unspecified atom stereocenters. The number of halogens is 1. The van der Waals surface area contributed by atoms with E-state index < -0.39 is 4.92 Å². The van der Waals surface area contributed by atoms with Gasteiger partial charge in [-0.25, -0.2) is 0 Å². The van der Waals surface area contributed by atoms with Crippen molar-refractivity contribution in [2.45, 2.75) is 11.6 Å². The minimum absolute atomic E-state index is 0. The average Bonchev–Trinajstić information content (AvgIpc) is 2.79. The fourth-order valence-electron chi connectivity index (χ4n) is 1.47. The maximum absolute atomic E-state index is 10.3. The molecule has 0 saturated heterocycles. The van der Waals surface area contributed by atoms with E-state index in [0.29, 0.717) is 12.4 Å². The Balaban J connectivity index is 0.00000400. The monoisotopic (exact) mass is 336 g/mol. The van der Waals surface area contributed by atoms with E-state index in [9.17, 15) is 10.1 Å². The van der Waals surface area contributed by atoms with E-state index >= 15 is 0 Å². The van der Waals surface area contributed by atoms with E-state index in [0.717, 1.165) is 29.4 Å². The number of hydrogen-bond donors (Lipinski definition) is 2. The van der Waals surface area contributed by atoms with Crippen LogP contribution in [0.5, 0.6) is 0 Å². The molecule has 1 rings (SSSR count). The van der Waals surface area contributed by atoms with Gasteiger partial charge < -0.3 is 20.0 Å². The van der Waals surface area contributed by atoms with Gasteiger partial charge >= 0.3 is 0 Å². The van der Waals surface area contributed by atoms with Crippen LogP contribution >= 0.6 is 24.2 Å². The van der Waals surface area contributed by atoms with Crippen LogP contribution in [0, 0.1) is 10.1 Å². The molecule has 0 fully saturated rings. The summed E-state index contributed by atoms with van der Waals surface area (Å²) in [5, 5.41) is 16.9. The quantitative estimate of drug-likeness (QED) is 0.307. The SMILES string of the molecule is CN/C(=C\[N+](=O)[O-])NCCSc1ccc(CN(C)C)o1.Cl. The molecular weight excluding hydrogens is 316 g/mol. The molecule has 0 radical (unpaired) electrons. The highest BCUT2D eigenvalue weighted by Gasteiger charge is 2.04. The number of thioether (sulfide) groups is 1. The number of rotatable bonds is 9. The van der Waals surface area contributed by atoms with Crippen LogP contribution in [0.15, 0.2) is 33.7 Å². The van der Waals surface area contributed by atoms with Gasteiger partial charge in [0.2, 0.25) is 0 Å². The lowest BCUT2D eigenvalue weighted by molar-refractivity contribution is -0.404. The standard InChI is InChI=1S/C12H20N4O3S.ClH/c1-13-11(9-16(17)18)14-6-7-20-12-5-4-10(19-12)8-15(2)3;/h4-5,9,13-14H,6-8H2,1-3H3;1H/b11-9+;. The zero-order valence-electron chi connectivity index (χ0n) is 12.3. The summed E-state index contributed by atoms with van der Waals surface area (Å²) in [4.78, 5) is 11.9. The second kappa shape index (κ2) is 10.4. The number of nitro groups is 1. The summed E-state index contributed by atoms with van der Waals surface area (Å²) in [6.07, 6.45) is 0.909. The summed E-state index contributed by atoms with van der Waals surface area (Å²) < 4.78 is 5.65. The molecule has 2 N–H and O–H groups in total. The Hall–Kier alpha value is -1.38. The number of furan rings is 1. The van der Waals surface area contributed by atoms with Crippen molar-refractivity contribution in [1.82, 2.24) is 15.5 Å². The zero-order valence-corrected chi connectivity index (χ0v) is 13.9. The number of nitrogens with one attached hydrogen (secondary N) is 2.